The van der Waals surface area contributed by atoms with Crippen LogP contribution in [0.15, 0.2) is 30.5 Å². The van der Waals surface area contributed by atoms with Gasteiger partial charge < -0.3 is 10.3 Å². The van der Waals surface area contributed by atoms with E-state index in [0.717, 1.165) is 29.3 Å². The van der Waals surface area contributed by atoms with Crippen molar-refractivity contribution in [2.24, 2.45) is 0 Å². The van der Waals surface area contributed by atoms with Crippen molar-refractivity contribution in [3.63, 3.8) is 0 Å². The Hall–Kier alpha value is -1.90. The first-order valence-corrected chi connectivity index (χ1v) is 9.03. The molecule has 1 saturated carbocycles. The summed E-state index contributed by atoms with van der Waals surface area (Å²) in [5, 5.41) is 3.84. The lowest BCUT2D eigenvalue weighted by Gasteiger charge is -2.18. The highest BCUT2D eigenvalue weighted by molar-refractivity contribution is 7.87. The van der Waals surface area contributed by atoms with Gasteiger partial charge in [0.15, 0.2) is 0 Å². The van der Waals surface area contributed by atoms with E-state index in [0.29, 0.717) is 0 Å². The first-order chi connectivity index (χ1) is 11.0. The van der Waals surface area contributed by atoms with Gasteiger partial charge in [-0.15, -0.1) is 0 Å². The van der Waals surface area contributed by atoms with Crippen molar-refractivity contribution in [3.05, 3.63) is 36.0 Å². The van der Waals surface area contributed by atoms with E-state index in [1.165, 1.54) is 7.05 Å². The molecule has 23 heavy (non-hydrogen) atoms. The van der Waals surface area contributed by atoms with Crippen LogP contribution in [0.5, 0.6) is 0 Å². The molecular formula is C15H20N4O3S. The van der Waals surface area contributed by atoms with Crippen molar-refractivity contribution in [2.45, 2.75) is 31.3 Å². The Morgan fingerprint density at radius 3 is 2.78 bits per heavy atom. The molecule has 1 heterocycles. The Bertz CT molecular complexity index is 811. The molecule has 1 amide bonds. The summed E-state index contributed by atoms with van der Waals surface area (Å²) in [7, 11) is -2.40. The molecule has 0 bridgehead atoms. The van der Waals surface area contributed by atoms with Crippen LogP contribution < -0.4 is 14.8 Å². The third-order valence-electron chi connectivity index (χ3n) is 3.91. The second-order valence-corrected chi connectivity index (χ2v) is 7.38. The molecule has 1 aromatic carbocycles. The van der Waals surface area contributed by atoms with E-state index >= 15 is 0 Å². The van der Waals surface area contributed by atoms with Gasteiger partial charge in [0, 0.05) is 30.2 Å². The number of para-hydroxylation sites is 1. The van der Waals surface area contributed by atoms with Gasteiger partial charge in [0.1, 0.15) is 6.04 Å². The van der Waals surface area contributed by atoms with Gasteiger partial charge in [-0.2, -0.15) is 13.1 Å². The van der Waals surface area contributed by atoms with Crippen LogP contribution in [0, 0.1) is 0 Å². The summed E-state index contributed by atoms with van der Waals surface area (Å²) in [5.74, 6) is -0.295. The molecule has 2 aromatic rings. The van der Waals surface area contributed by atoms with Crippen molar-refractivity contribution < 1.29 is 13.2 Å². The highest BCUT2D eigenvalue weighted by atomic mass is 32.2. The van der Waals surface area contributed by atoms with E-state index in [9.17, 15) is 13.2 Å². The monoisotopic (exact) mass is 336 g/mol. The maximum absolute atomic E-state index is 12.4. The predicted molar refractivity (Wildman–Crippen MR) is 88.1 cm³/mol. The third-order valence-corrected chi connectivity index (χ3v) is 5.04. The molecule has 7 nitrogen and oxygen atoms in total. The minimum Gasteiger partial charge on any atom is -0.361 e. The second-order valence-electron chi connectivity index (χ2n) is 5.72. The Kier molecular flexibility index (Phi) is 4.38. The number of aromatic amines is 1. The molecule has 124 valence electrons. The van der Waals surface area contributed by atoms with Crippen molar-refractivity contribution >= 4 is 27.0 Å². The number of aromatic nitrogens is 1. The van der Waals surface area contributed by atoms with Crippen LogP contribution in [0.3, 0.4) is 0 Å². The van der Waals surface area contributed by atoms with Gasteiger partial charge >= 0.3 is 0 Å². The molecule has 1 aliphatic carbocycles. The minimum atomic E-state index is -3.71. The first kappa shape index (κ1) is 16.0. The molecule has 1 atom stereocenters. The molecule has 0 radical (unpaired) electrons. The first-order valence-electron chi connectivity index (χ1n) is 7.54. The van der Waals surface area contributed by atoms with Crippen LogP contribution in [0.1, 0.15) is 18.4 Å². The topological polar surface area (TPSA) is 103 Å². The lowest BCUT2D eigenvalue weighted by atomic mass is 10.1. The molecular weight excluding hydrogens is 316 g/mol. The highest BCUT2D eigenvalue weighted by Crippen LogP contribution is 2.21. The summed E-state index contributed by atoms with van der Waals surface area (Å²) in [4.78, 5) is 15.5. The maximum Gasteiger partial charge on any atom is 0.277 e. The van der Waals surface area contributed by atoms with Crippen molar-refractivity contribution in [3.8, 4) is 0 Å². The Morgan fingerprint density at radius 1 is 1.35 bits per heavy atom. The summed E-state index contributed by atoms with van der Waals surface area (Å²) in [6, 6.07) is 7.04. The summed E-state index contributed by atoms with van der Waals surface area (Å²) in [6.45, 7) is 0. The lowest BCUT2D eigenvalue weighted by Crippen LogP contribution is -2.51. The van der Waals surface area contributed by atoms with Crippen LogP contribution in [0.2, 0.25) is 0 Å². The molecule has 0 aliphatic heterocycles. The van der Waals surface area contributed by atoms with E-state index in [2.05, 4.69) is 19.7 Å². The Morgan fingerprint density at radius 2 is 2.09 bits per heavy atom. The summed E-state index contributed by atoms with van der Waals surface area (Å²) < 4.78 is 28.2. The predicted octanol–water partition coefficient (Wildman–Crippen LogP) is 0.411. The fourth-order valence-corrected chi connectivity index (χ4v) is 3.17. The highest BCUT2D eigenvalue weighted by Gasteiger charge is 2.30. The van der Waals surface area contributed by atoms with Gasteiger partial charge in [-0.05, 0) is 30.9 Å². The van der Waals surface area contributed by atoms with Crippen molar-refractivity contribution in [1.82, 2.24) is 19.7 Å². The van der Waals surface area contributed by atoms with Crippen LogP contribution in [0.4, 0.5) is 0 Å². The van der Waals surface area contributed by atoms with E-state index in [1.54, 1.807) is 0 Å². The number of fused-ring (bicyclic) bond motifs is 1. The van der Waals surface area contributed by atoms with Crippen molar-refractivity contribution in [2.75, 3.05) is 7.05 Å². The quantitative estimate of drug-likeness (QED) is 0.589. The number of hydrogen-bond donors (Lipinski definition) is 4. The van der Waals surface area contributed by atoms with Crippen LogP contribution in [-0.2, 0) is 21.4 Å². The number of rotatable bonds is 7. The molecule has 1 fully saturated rings. The lowest BCUT2D eigenvalue weighted by molar-refractivity contribution is -0.122. The summed E-state index contributed by atoms with van der Waals surface area (Å²) >= 11 is 0. The number of hydrogen-bond acceptors (Lipinski definition) is 3. The number of benzene rings is 1. The number of carbonyl (C=O) groups is 1. The third kappa shape index (κ3) is 3.90. The van der Waals surface area contributed by atoms with Crippen molar-refractivity contribution in [1.29, 1.82) is 0 Å². The molecule has 4 N–H and O–H groups in total. The molecule has 8 heteroatoms. The zero-order valence-corrected chi connectivity index (χ0v) is 13.6. The normalized spacial score (nSPS) is 16.4. The Balaban J connectivity index is 1.83. The smallest absolute Gasteiger partial charge is 0.277 e. The van der Waals surface area contributed by atoms with Crippen LogP contribution in [-0.4, -0.2) is 38.4 Å². The Labute approximate surface area is 135 Å². The molecule has 3 rings (SSSR count). The van der Waals surface area contributed by atoms with Gasteiger partial charge in [-0.25, -0.2) is 4.72 Å². The number of H-pyrrole nitrogens is 1. The minimum absolute atomic E-state index is 0.173. The van der Waals surface area contributed by atoms with E-state index in [-0.39, 0.29) is 18.4 Å². The van der Waals surface area contributed by atoms with E-state index < -0.39 is 16.3 Å². The van der Waals surface area contributed by atoms with E-state index in [4.69, 9.17) is 0 Å². The summed E-state index contributed by atoms with van der Waals surface area (Å²) in [6.07, 6.45) is 3.99. The van der Waals surface area contributed by atoms with Gasteiger partial charge in [-0.1, -0.05) is 18.2 Å². The van der Waals surface area contributed by atoms with Gasteiger partial charge in [0.25, 0.3) is 10.2 Å². The average molecular weight is 336 g/mol. The van der Waals surface area contributed by atoms with Gasteiger partial charge in [0.05, 0.1) is 0 Å². The largest absolute Gasteiger partial charge is 0.361 e. The molecule has 1 unspecified atom stereocenters. The van der Waals surface area contributed by atoms with Crippen LogP contribution in [0.25, 0.3) is 10.9 Å². The van der Waals surface area contributed by atoms with Gasteiger partial charge in [0.2, 0.25) is 5.91 Å². The second kappa shape index (κ2) is 6.31. The average Bonchev–Trinajstić information content (AvgIpc) is 3.26. The number of carbonyl (C=O) groups excluding carboxylic acids is 1. The zero-order chi connectivity index (χ0) is 16.4. The number of amides is 1. The molecule has 1 aliphatic rings. The SMILES string of the molecule is CNS(=O)(=O)NC(Cc1c[nH]c2ccccc12)C(=O)NC1CC1. The van der Waals surface area contributed by atoms with Crippen LogP contribution >= 0.6 is 0 Å². The van der Waals surface area contributed by atoms with E-state index in [1.807, 2.05) is 30.5 Å². The van der Waals surface area contributed by atoms with Gasteiger partial charge in [-0.3, -0.25) is 4.79 Å². The fourth-order valence-electron chi connectivity index (χ4n) is 2.48. The molecule has 1 aromatic heterocycles. The molecule has 0 saturated heterocycles. The summed E-state index contributed by atoms with van der Waals surface area (Å²) in [5.41, 5.74) is 1.86. The number of nitrogens with one attached hydrogen (secondary N) is 4. The zero-order valence-electron chi connectivity index (χ0n) is 12.8. The maximum atomic E-state index is 12.4. The fraction of sp³-hybridized carbons (Fsp3) is 0.400. The standard InChI is InChI=1S/C15H20N4O3S/c1-16-23(21,22)19-14(15(20)18-11-6-7-11)8-10-9-17-13-5-3-2-4-12(10)13/h2-5,9,11,14,16-17,19H,6-8H2,1H3,(H,18,20). The molecule has 0 spiro atoms.